The van der Waals surface area contributed by atoms with E-state index in [-0.39, 0.29) is 28.1 Å². The Kier molecular flexibility index (Phi) is 5.81. The van der Waals surface area contributed by atoms with Crippen LogP contribution >= 0.6 is 0 Å². The molecule has 0 spiro atoms. The van der Waals surface area contributed by atoms with Crippen molar-refractivity contribution in [3.8, 4) is 17.0 Å². The number of carbonyl (C=O) groups excluding carboxylic acids is 1. The van der Waals surface area contributed by atoms with Crippen LogP contribution < -0.4 is 5.32 Å². The van der Waals surface area contributed by atoms with E-state index >= 15 is 0 Å². The Labute approximate surface area is 181 Å². The van der Waals surface area contributed by atoms with Crippen LogP contribution in [-0.4, -0.2) is 38.6 Å². The number of hydrogen-bond donors (Lipinski definition) is 3. The Balaban J connectivity index is 1.91. The third-order valence-corrected chi connectivity index (χ3v) is 5.29. The van der Waals surface area contributed by atoms with E-state index in [9.17, 15) is 23.5 Å². The molecule has 0 saturated heterocycles. The van der Waals surface area contributed by atoms with Gasteiger partial charge in [-0.05, 0) is 55.5 Å². The van der Waals surface area contributed by atoms with Crippen molar-refractivity contribution < 1.29 is 28.6 Å². The Morgan fingerprint density at radius 2 is 1.94 bits per heavy atom. The summed E-state index contributed by atoms with van der Waals surface area (Å²) in [4.78, 5) is 32.5. The second kappa shape index (κ2) is 8.70. The third kappa shape index (κ3) is 4.14. The summed E-state index contributed by atoms with van der Waals surface area (Å²) in [5.74, 6) is -4.48. The number of halogens is 2. The molecule has 1 aliphatic carbocycles. The molecular weight excluding hydrogens is 420 g/mol. The molecule has 7 nitrogen and oxygen atoms in total. The largest absolute Gasteiger partial charge is 0.506 e. The molecule has 1 amide bonds. The second-order valence-corrected chi connectivity index (χ2v) is 7.45. The SMILES string of the molecule is O=C(O)CNC(=O)c1c(O)c(C2=CCCCC2)cc2ncc(-c3ccc(F)c(F)c3)nc12. The number of rotatable bonds is 5. The molecule has 1 aromatic heterocycles. The van der Waals surface area contributed by atoms with E-state index in [1.165, 1.54) is 12.3 Å². The molecule has 1 heterocycles. The van der Waals surface area contributed by atoms with Gasteiger partial charge >= 0.3 is 5.97 Å². The minimum Gasteiger partial charge on any atom is -0.506 e. The van der Waals surface area contributed by atoms with Crippen molar-refractivity contribution in [3.63, 3.8) is 0 Å². The van der Waals surface area contributed by atoms with Crippen molar-refractivity contribution in [1.82, 2.24) is 15.3 Å². The number of aliphatic carboxylic acids is 1. The summed E-state index contributed by atoms with van der Waals surface area (Å²) >= 11 is 0. The van der Waals surface area contributed by atoms with Gasteiger partial charge < -0.3 is 15.5 Å². The van der Waals surface area contributed by atoms with Gasteiger partial charge in [-0.1, -0.05) is 6.08 Å². The van der Waals surface area contributed by atoms with Crippen molar-refractivity contribution in [1.29, 1.82) is 0 Å². The van der Waals surface area contributed by atoms with Crippen molar-refractivity contribution in [3.05, 3.63) is 59.3 Å². The number of amides is 1. The summed E-state index contributed by atoms with van der Waals surface area (Å²) in [6.07, 6.45) is 6.88. The molecule has 164 valence electrons. The first kappa shape index (κ1) is 21.4. The first-order valence-electron chi connectivity index (χ1n) is 10.0. The monoisotopic (exact) mass is 439 g/mol. The molecule has 0 unspecified atom stereocenters. The fourth-order valence-electron chi connectivity index (χ4n) is 3.72. The van der Waals surface area contributed by atoms with Gasteiger partial charge in [-0.15, -0.1) is 0 Å². The number of phenols is 1. The lowest BCUT2D eigenvalue weighted by Gasteiger charge is -2.17. The molecule has 3 N–H and O–H groups in total. The van der Waals surface area contributed by atoms with Crippen molar-refractivity contribution in [2.45, 2.75) is 25.7 Å². The van der Waals surface area contributed by atoms with Gasteiger partial charge in [-0.3, -0.25) is 14.6 Å². The average Bonchev–Trinajstić information content (AvgIpc) is 2.79. The first-order chi connectivity index (χ1) is 15.3. The zero-order chi connectivity index (χ0) is 22.8. The van der Waals surface area contributed by atoms with Gasteiger partial charge in [0.15, 0.2) is 11.6 Å². The minimum absolute atomic E-state index is 0.0211. The van der Waals surface area contributed by atoms with Crippen LogP contribution in [0.25, 0.3) is 27.9 Å². The molecule has 0 atom stereocenters. The number of nitrogens with one attached hydrogen (secondary N) is 1. The third-order valence-electron chi connectivity index (χ3n) is 5.29. The Morgan fingerprint density at radius 1 is 1.12 bits per heavy atom. The normalized spacial score (nSPS) is 13.6. The molecule has 32 heavy (non-hydrogen) atoms. The highest BCUT2D eigenvalue weighted by molar-refractivity contribution is 6.09. The maximum atomic E-state index is 13.7. The van der Waals surface area contributed by atoms with Crippen LogP contribution in [0, 0.1) is 11.6 Å². The van der Waals surface area contributed by atoms with E-state index in [0.29, 0.717) is 11.1 Å². The standard InChI is InChI=1S/C23H19F2N3O4/c24-15-7-6-13(8-16(15)25)18-10-26-17-9-14(12-4-2-1-3-5-12)22(31)20(21(17)28-18)23(32)27-11-19(29)30/h4,6-10,31H,1-3,5,11H2,(H,27,32)(H,29,30). The molecule has 4 rings (SSSR count). The van der Waals surface area contributed by atoms with Crippen molar-refractivity contribution in [2.75, 3.05) is 6.54 Å². The predicted molar refractivity (Wildman–Crippen MR) is 113 cm³/mol. The second-order valence-electron chi connectivity index (χ2n) is 7.45. The molecule has 9 heteroatoms. The van der Waals surface area contributed by atoms with Crippen molar-refractivity contribution >= 4 is 28.5 Å². The zero-order valence-corrected chi connectivity index (χ0v) is 16.9. The molecule has 0 saturated carbocycles. The summed E-state index contributed by atoms with van der Waals surface area (Å²) < 4.78 is 27.0. The quantitative estimate of drug-likeness (QED) is 0.553. The molecular formula is C23H19F2N3O4. The number of fused-ring (bicyclic) bond motifs is 1. The summed E-state index contributed by atoms with van der Waals surface area (Å²) in [5, 5.41) is 22.1. The van der Waals surface area contributed by atoms with Crippen LogP contribution in [0.3, 0.4) is 0 Å². The number of hydrogen-bond acceptors (Lipinski definition) is 5. The summed E-state index contributed by atoms with van der Waals surface area (Å²) in [5.41, 5.74) is 1.80. The van der Waals surface area contributed by atoms with Crippen LogP contribution in [0.4, 0.5) is 8.78 Å². The Bertz CT molecular complexity index is 1270. The van der Waals surface area contributed by atoms with E-state index < -0.39 is 30.1 Å². The lowest BCUT2D eigenvalue weighted by atomic mass is 9.91. The van der Waals surface area contributed by atoms with Gasteiger partial charge in [0.05, 0.1) is 17.4 Å². The van der Waals surface area contributed by atoms with E-state index in [4.69, 9.17) is 5.11 Å². The molecule has 1 aliphatic rings. The van der Waals surface area contributed by atoms with Crippen LogP contribution in [0.1, 0.15) is 41.6 Å². The van der Waals surface area contributed by atoms with Crippen LogP contribution in [0.5, 0.6) is 5.75 Å². The molecule has 2 aromatic carbocycles. The number of carboxylic acid groups (broad SMARTS) is 1. The number of carbonyl (C=O) groups is 2. The summed E-state index contributed by atoms with van der Waals surface area (Å²) in [6, 6.07) is 4.85. The van der Waals surface area contributed by atoms with E-state index in [2.05, 4.69) is 15.3 Å². The summed E-state index contributed by atoms with van der Waals surface area (Å²) in [7, 11) is 0. The van der Waals surface area contributed by atoms with Crippen LogP contribution in [-0.2, 0) is 4.79 Å². The van der Waals surface area contributed by atoms with Crippen LogP contribution in [0.2, 0.25) is 0 Å². The molecule has 0 bridgehead atoms. The van der Waals surface area contributed by atoms with E-state index in [1.807, 2.05) is 6.08 Å². The predicted octanol–water partition coefficient (Wildman–Crippen LogP) is 4.05. The number of benzene rings is 2. The fourth-order valence-corrected chi connectivity index (χ4v) is 3.72. The van der Waals surface area contributed by atoms with Gasteiger partial charge in [-0.25, -0.2) is 13.8 Å². The summed E-state index contributed by atoms with van der Waals surface area (Å²) in [6.45, 7) is -0.650. The minimum atomic E-state index is -1.25. The average molecular weight is 439 g/mol. The van der Waals surface area contributed by atoms with Gasteiger partial charge in [0.1, 0.15) is 23.4 Å². The topological polar surface area (TPSA) is 112 Å². The number of carboxylic acids is 1. The van der Waals surface area contributed by atoms with Crippen LogP contribution in [0.15, 0.2) is 36.5 Å². The Morgan fingerprint density at radius 3 is 2.62 bits per heavy atom. The number of aromatic nitrogens is 2. The Hall–Kier alpha value is -3.88. The first-order valence-corrected chi connectivity index (χ1v) is 10.0. The number of phenolic OH excluding ortho intramolecular Hbond substituents is 1. The van der Waals surface area contributed by atoms with E-state index in [0.717, 1.165) is 43.4 Å². The van der Waals surface area contributed by atoms with Gasteiger partial charge in [0.25, 0.3) is 5.91 Å². The highest BCUT2D eigenvalue weighted by Crippen LogP contribution is 2.38. The number of nitrogens with zero attached hydrogens (tertiary/aromatic N) is 2. The zero-order valence-electron chi connectivity index (χ0n) is 16.9. The maximum absolute atomic E-state index is 13.7. The highest BCUT2D eigenvalue weighted by atomic mass is 19.2. The molecule has 0 radical (unpaired) electrons. The van der Waals surface area contributed by atoms with Crippen molar-refractivity contribution in [2.24, 2.45) is 0 Å². The van der Waals surface area contributed by atoms with Gasteiger partial charge in [-0.2, -0.15) is 0 Å². The maximum Gasteiger partial charge on any atom is 0.322 e. The molecule has 0 fully saturated rings. The fraction of sp³-hybridized carbons (Fsp3) is 0.217. The highest BCUT2D eigenvalue weighted by Gasteiger charge is 2.24. The lowest BCUT2D eigenvalue weighted by molar-refractivity contribution is -0.135. The van der Waals surface area contributed by atoms with E-state index in [1.54, 1.807) is 6.07 Å². The van der Waals surface area contributed by atoms with Gasteiger partial charge in [0.2, 0.25) is 0 Å². The number of allylic oxidation sites excluding steroid dienone is 2. The smallest absolute Gasteiger partial charge is 0.322 e. The lowest BCUT2D eigenvalue weighted by Crippen LogP contribution is -2.29. The number of aromatic hydroxyl groups is 1. The van der Waals surface area contributed by atoms with Gasteiger partial charge in [0, 0.05) is 11.1 Å². The molecule has 0 aliphatic heterocycles. The molecule has 3 aromatic rings.